The molecule has 4 rings (SSSR count). The number of piperidine rings is 1. The van der Waals surface area contributed by atoms with Crippen molar-refractivity contribution in [2.75, 3.05) is 30.3 Å². The fourth-order valence-corrected chi connectivity index (χ4v) is 4.41. The molecule has 1 fully saturated rings. The summed E-state index contributed by atoms with van der Waals surface area (Å²) in [6.45, 7) is 1.80. The van der Waals surface area contributed by atoms with Gasteiger partial charge in [-0.1, -0.05) is 48.0 Å². The standard InChI is InChI=1S/C27H28ClN3O3/c28-24-7-4-8-25(23(24)18-32)29-22-13-15-31(16-14-22)17-26(33)30-21-11-9-20(10-12-21)27(34)19-5-2-1-3-6-19/h1-12,22,29,32H,13-18H2,(H,30,33). The third kappa shape index (κ3) is 6.03. The summed E-state index contributed by atoms with van der Waals surface area (Å²) in [6, 6.07) is 21.9. The van der Waals surface area contributed by atoms with Gasteiger partial charge in [-0.2, -0.15) is 0 Å². The molecular weight excluding hydrogens is 450 g/mol. The number of halogens is 1. The number of rotatable bonds is 8. The molecule has 0 unspecified atom stereocenters. The third-order valence-electron chi connectivity index (χ3n) is 6.06. The van der Waals surface area contributed by atoms with Crippen LogP contribution in [0.1, 0.15) is 34.3 Å². The van der Waals surface area contributed by atoms with Gasteiger partial charge in [0.15, 0.2) is 5.78 Å². The minimum absolute atomic E-state index is 0.0427. The van der Waals surface area contributed by atoms with Crippen molar-refractivity contribution in [2.45, 2.75) is 25.5 Å². The van der Waals surface area contributed by atoms with Crippen molar-refractivity contribution in [3.8, 4) is 0 Å². The molecule has 3 aromatic carbocycles. The maximum Gasteiger partial charge on any atom is 0.238 e. The van der Waals surface area contributed by atoms with Crippen LogP contribution in [0.15, 0.2) is 72.8 Å². The first kappa shape index (κ1) is 24.0. The summed E-state index contributed by atoms with van der Waals surface area (Å²) in [6.07, 6.45) is 1.78. The summed E-state index contributed by atoms with van der Waals surface area (Å²) in [4.78, 5) is 27.2. The van der Waals surface area contributed by atoms with Crippen molar-refractivity contribution in [2.24, 2.45) is 0 Å². The Labute approximate surface area is 204 Å². The van der Waals surface area contributed by atoms with Gasteiger partial charge in [0.2, 0.25) is 5.91 Å². The summed E-state index contributed by atoms with van der Waals surface area (Å²) in [5.41, 5.74) is 3.47. The zero-order valence-corrected chi connectivity index (χ0v) is 19.6. The molecule has 1 aliphatic heterocycles. The van der Waals surface area contributed by atoms with Gasteiger partial charge in [-0.3, -0.25) is 14.5 Å². The highest BCUT2D eigenvalue weighted by molar-refractivity contribution is 6.31. The average molecular weight is 478 g/mol. The van der Waals surface area contributed by atoms with Crippen LogP contribution in [0.3, 0.4) is 0 Å². The van der Waals surface area contributed by atoms with Gasteiger partial charge in [-0.15, -0.1) is 0 Å². The third-order valence-corrected chi connectivity index (χ3v) is 6.41. The molecule has 1 heterocycles. The number of ketones is 1. The van der Waals surface area contributed by atoms with Crippen molar-refractivity contribution in [3.05, 3.63) is 94.5 Å². The number of aliphatic hydroxyl groups excluding tert-OH is 1. The summed E-state index contributed by atoms with van der Waals surface area (Å²) < 4.78 is 0. The Morgan fingerprint density at radius 1 is 0.912 bits per heavy atom. The highest BCUT2D eigenvalue weighted by Gasteiger charge is 2.22. The van der Waals surface area contributed by atoms with Crippen LogP contribution in [0.2, 0.25) is 5.02 Å². The van der Waals surface area contributed by atoms with E-state index in [2.05, 4.69) is 15.5 Å². The Morgan fingerprint density at radius 3 is 2.26 bits per heavy atom. The van der Waals surface area contributed by atoms with E-state index in [0.29, 0.717) is 33.9 Å². The molecule has 3 N–H and O–H groups in total. The van der Waals surface area contributed by atoms with E-state index in [1.54, 1.807) is 42.5 Å². The maximum absolute atomic E-state index is 12.5. The van der Waals surface area contributed by atoms with E-state index in [0.717, 1.165) is 31.6 Å². The minimum Gasteiger partial charge on any atom is -0.392 e. The van der Waals surface area contributed by atoms with E-state index in [1.807, 2.05) is 30.3 Å². The molecule has 1 aliphatic rings. The first-order chi connectivity index (χ1) is 16.5. The van der Waals surface area contributed by atoms with Crippen LogP contribution in [0.25, 0.3) is 0 Å². The fraction of sp³-hybridized carbons (Fsp3) is 0.259. The number of carbonyl (C=O) groups excluding carboxylic acids is 2. The maximum atomic E-state index is 12.5. The van der Waals surface area contributed by atoms with E-state index >= 15 is 0 Å². The highest BCUT2D eigenvalue weighted by atomic mass is 35.5. The minimum atomic E-state index is -0.109. The summed E-state index contributed by atoms with van der Waals surface area (Å²) in [5, 5.41) is 16.5. The zero-order chi connectivity index (χ0) is 23.9. The molecule has 0 atom stereocenters. The number of likely N-dealkylation sites (tertiary alicyclic amines) is 1. The smallest absolute Gasteiger partial charge is 0.238 e. The zero-order valence-electron chi connectivity index (χ0n) is 18.8. The van der Waals surface area contributed by atoms with Crippen LogP contribution in [-0.4, -0.2) is 47.4 Å². The molecule has 0 bridgehead atoms. The molecule has 0 spiro atoms. The lowest BCUT2D eigenvalue weighted by Gasteiger charge is -2.32. The highest BCUT2D eigenvalue weighted by Crippen LogP contribution is 2.26. The van der Waals surface area contributed by atoms with Crippen LogP contribution >= 0.6 is 11.6 Å². The number of anilines is 2. The van der Waals surface area contributed by atoms with E-state index in [-0.39, 0.29) is 24.3 Å². The van der Waals surface area contributed by atoms with E-state index in [4.69, 9.17) is 11.6 Å². The number of hydrogen-bond donors (Lipinski definition) is 3. The second kappa shape index (κ2) is 11.3. The molecular formula is C27H28ClN3O3. The van der Waals surface area contributed by atoms with Crippen molar-refractivity contribution in [1.29, 1.82) is 0 Å². The van der Waals surface area contributed by atoms with Gasteiger partial charge in [-0.25, -0.2) is 0 Å². The number of aliphatic hydroxyl groups is 1. The van der Waals surface area contributed by atoms with Crippen LogP contribution in [0.4, 0.5) is 11.4 Å². The first-order valence-electron chi connectivity index (χ1n) is 11.4. The molecule has 0 aliphatic carbocycles. The first-order valence-corrected chi connectivity index (χ1v) is 11.8. The fourth-order valence-electron chi connectivity index (χ4n) is 4.17. The Morgan fingerprint density at radius 2 is 1.59 bits per heavy atom. The topological polar surface area (TPSA) is 81.7 Å². The van der Waals surface area contributed by atoms with Crippen molar-refractivity contribution >= 4 is 34.7 Å². The Kier molecular flexibility index (Phi) is 7.95. The number of nitrogens with zero attached hydrogens (tertiary/aromatic N) is 1. The number of benzene rings is 3. The summed E-state index contributed by atoms with van der Waals surface area (Å²) in [7, 11) is 0. The Hall–Kier alpha value is -3.19. The molecule has 0 saturated carbocycles. The second-order valence-electron chi connectivity index (χ2n) is 8.44. The quantitative estimate of drug-likeness (QED) is 0.414. The lowest BCUT2D eigenvalue weighted by atomic mass is 10.0. The van der Waals surface area contributed by atoms with Gasteiger partial charge in [0.05, 0.1) is 13.2 Å². The predicted molar refractivity (Wildman–Crippen MR) is 135 cm³/mol. The lowest BCUT2D eigenvalue weighted by Crippen LogP contribution is -2.42. The van der Waals surface area contributed by atoms with Gasteiger partial charge >= 0.3 is 0 Å². The SMILES string of the molecule is O=C(CN1CCC(Nc2cccc(Cl)c2CO)CC1)Nc1ccc(C(=O)c2ccccc2)cc1. The van der Waals surface area contributed by atoms with Crippen LogP contribution in [-0.2, 0) is 11.4 Å². The Balaban J connectivity index is 1.24. The summed E-state index contributed by atoms with van der Waals surface area (Å²) in [5.74, 6) is -0.121. The van der Waals surface area contributed by atoms with Gasteiger partial charge in [0, 0.05) is 52.2 Å². The van der Waals surface area contributed by atoms with Gasteiger partial charge in [0.1, 0.15) is 0 Å². The van der Waals surface area contributed by atoms with Crippen LogP contribution < -0.4 is 10.6 Å². The van der Waals surface area contributed by atoms with E-state index in [1.165, 1.54) is 0 Å². The van der Waals surface area contributed by atoms with E-state index < -0.39 is 0 Å². The summed E-state index contributed by atoms with van der Waals surface area (Å²) >= 11 is 6.18. The predicted octanol–water partition coefficient (Wildman–Crippen LogP) is 4.58. The molecule has 1 saturated heterocycles. The molecule has 34 heavy (non-hydrogen) atoms. The Bertz CT molecular complexity index is 1130. The normalized spacial score (nSPS) is 14.5. The lowest BCUT2D eigenvalue weighted by molar-refractivity contribution is -0.117. The van der Waals surface area contributed by atoms with Gasteiger partial charge < -0.3 is 15.7 Å². The van der Waals surface area contributed by atoms with Crippen LogP contribution in [0.5, 0.6) is 0 Å². The second-order valence-corrected chi connectivity index (χ2v) is 8.85. The van der Waals surface area contributed by atoms with Crippen molar-refractivity contribution in [1.82, 2.24) is 4.90 Å². The molecule has 0 radical (unpaired) electrons. The number of hydrogen-bond acceptors (Lipinski definition) is 5. The molecule has 6 nitrogen and oxygen atoms in total. The van der Waals surface area contributed by atoms with Gasteiger partial charge in [-0.05, 0) is 49.2 Å². The molecule has 0 aromatic heterocycles. The molecule has 7 heteroatoms. The van der Waals surface area contributed by atoms with Crippen LogP contribution in [0, 0.1) is 0 Å². The molecule has 176 valence electrons. The number of nitrogens with one attached hydrogen (secondary N) is 2. The average Bonchev–Trinajstić information content (AvgIpc) is 2.86. The largest absolute Gasteiger partial charge is 0.392 e. The monoisotopic (exact) mass is 477 g/mol. The number of amides is 1. The molecule has 3 aromatic rings. The number of carbonyl (C=O) groups is 2. The van der Waals surface area contributed by atoms with E-state index in [9.17, 15) is 14.7 Å². The molecule has 1 amide bonds. The van der Waals surface area contributed by atoms with Crippen molar-refractivity contribution in [3.63, 3.8) is 0 Å². The van der Waals surface area contributed by atoms with Crippen molar-refractivity contribution < 1.29 is 14.7 Å². The van der Waals surface area contributed by atoms with Gasteiger partial charge in [0.25, 0.3) is 0 Å².